The van der Waals surface area contributed by atoms with E-state index in [0.29, 0.717) is 24.7 Å². The lowest BCUT2D eigenvalue weighted by Gasteiger charge is -2.32. The molecular weight excluding hydrogens is 218 g/mol. The summed E-state index contributed by atoms with van der Waals surface area (Å²) in [4.78, 5) is 0. The zero-order valence-electron chi connectivity index (χ0n) is 11.2. The zero-order valence-corrected chi connectivity index (χ0v) is 11.2. The van der Waals surface area contributed by atoms with Gasteiger partial charge in [-0.15, -0.1) is 0 Å². The quantitative estimate of drug-likeness (QED) is 0.574. The molecule has 0 aromatic carbocycles. The molecule has 2 aliphatic carbocycles. The molecule has 0 aromatic heterocycles. The van der Waals surface area contributed by atoms with E-state index in [4.69, 9.17) is 0 Å². The Balaban J connectivity index is 1.92. The Morgan fingerprint density at radius 2 is 1.29 bits per heavy atom. The predicted octanol–water partition coefficient (Wildman–Crippen LogP) is 4.93. The Morgan fingerprint density at radius 1 is 0.706 bits per heavy atom. The van der Waals surface area contributed by atoms with Crippen molar-refractivity contribution >= 4 is 0 Å². The second-order valence-corrected chi connectivity index (χ2v) is 6.48. The SMILES string of the molecule is CC1CCC(C2CCC(F)C(C)C(F)C2)CC1. The summed E-state index contributed by atoms with van der Waals surface area (Å²) in [6.07, 6.45) is 5.31. The van der Waals surface area contributed by atoms with Gasteiger partial charge in [0, 0.05) is 5.92 Å². The summed E-state index contributed by atoms with van der Waals surface area (Å²) in [5, 5.41) is 0. The highest BCUT2D eigenvalue weighted by atomic mass is 19.1. The van der Waals surface area contributed by atoms with Gasteiger partial charge < -0.3 is 0 Å². The van der Waals surface area contributed by atoms with Crippen LogP contribution in [0.1, 0.15) is 58.8 Å². The molecule has 0 spiro atoms. The molecule has 100 valence electrons. The van der Waals surface area contributed by atoms with Crippen LogP contribution in [0, 0.1) is 23.7 Å². The molecule has 4 atom stereocenters. The topological polar surface area (TPSA) is 0 Å². The maximum atomic E-state index is 13.9. The molecule has 0 N–H and O–H groups in total. The minimum atomic E-state index is -0.920. The van der Waals surface area contributed by atoms with Gasteiger partial charge in [-0.1, -0.05) is 26.7 Å². The highest BCUT2D eigenvalue weighted by Gasteiger charge is 2.36. The average molecular weight is 244 g/mol. The Bertz CT molecular complexity index is 233. The third-order valence-electron chi connectivity index (χ3n) is 5.21. The largest absolute Gasteiger partial charge is 0.247 e. The summed E-state index contributed by atoms with van der Waals surface area (Å²) in [5.74, 6) is 1.57. The fourth-order valence-electron chi connectivity index (χ4n) is 3.67. The minimum Gasteiger partial charge on any atom is -0.247 e. The van der Waals surface area contributed by atoms with Gasteiger partial charge in [0.2, 0.25) is 0 Å². The normalized spacial score (nSPS) is 48.7. The van der Waals surface area contributed by atoms with E-state index in [1.165, 1.54) is 25.7 Å². The predicted molar refractivity (Wildman–Crippen MR) is 67.4 cm³/mol. The van der Waals surface area contributed by atoms with Crippen molar-refractivity contribution in [3.8, 4) is 0 Å². The van der Waals surface area contributed by atoms with Crippen LogP contribution in [-0.2, 0) is 0 Å². The molecule has 2 aliphatic rings. The standard InChI is InChI=1S/C15H26F2/c1-10-3-5-12(6-4-10)13-7-8-14(16)11(2)15(17)9-13/h10-15H,3-9H2,1-2H3. The van der Waals surface area contributed by atoms with Gasteiger partial charge in [0.25, 0.3) is 0 Å². The first-order chi connectivity index (χ1) is 8.08. The molecule has 0 aromatic rings. The Kier molecular flexibility index (Phi) is 4.43. The van der Waals surface area contributed by atoms with Gasteiger partial charge >= 0.3 is 0 Å². The third kappa shape index (κ3) is 3.20. The molecule has 2 heteroatoms. The fraction of sp³-hybridized carbons (Fsp3) is 1.00. The van der Waals surface area contributed by atoms with Crippen LogP contribution in [-0.4, -0.2) is 12.3 Å². The molecule has 4 unspecified atom stereocenters. The van der Waals surface area contributed by atoms with Crippen LogP contribution in [0.5, 0.6) is 0 Å². The van der Waals surface area contributed by atoms with Crippen molar-refractivity contribution in [3.05, 3.63) is 0 Å². The van der Waals surface area contributed by atoms with Gasteiger partial charge in [-0.2, -0.15) is 0 Å². The third-order valence-corrected chi connectivity index (χ3v) is 5.21. The summed E-state index contributed by atoms with van der Waals surface area (Å²) < 4.78 is 27.6. The molecule has 0 bridgehead atoms. The Labute approximate surface area is 104 Å². The van der Waals surface area contributed by atoms with Gasteiger partial charge in [0.05, 0.1) is 0 Å². The van der Waals surface area contributed by atoms with Gasteiger partial charge in [-0.3, -0.25) is 0 Å². The van der Waals surface area contributed by atoms with Gasteiger partial charge in [-0.25, -0.2) is 8.78 Å². The molecule has 0 radical (unpaired) electrons. The lowest BCUT2D eigenvalue weighted by atomic mass is 9.73. The van der Waals surface area contributed by atoms with Crippen LogP contribution in [0.25, 0.3) is 0 Å². The zero-order chi connectivity index (χ0) is 12.4. The van der Waals surface area contributed by atoms with E-state index in [0.717, 1.165) is 12.3 Å². The summed E-state index contributed by atoms with van der Waals surface area (Å²) in [7, 11) is 0. The van der Waals surface area contributed by atoms with E-state index in [1.54, 1.807) is 6.92 Å². The monoisotopic (exact) mass is 244 g/mol. The number of alkyl halides is 2. The van der Waals surface area contributed by atoms with E-state index < -0.39 is 12.3 Å². The molecule has 2 rings (SSSR count). The van der Waals surface area contributed by atoms with Gasteiger partial charge in [-0.05, 0) is 49.9 Å². The molecule has 2 fully saturated rings. The highest BCUT2D eigenvalue weighted by molar-refractivity contribution is 4.85. The number of halogens is 2. The van der Waals surface area contributed by atoms with Crippen LogP contribution >= 0.6 is 0 Å². The summed E-state index contributed by atoms with van der Waals surface area (Å²) in [6, 6.07) is 0. The number of hydrogen-bond donors (Lipinski definition) is 0. The first-order valence-electron chi connectivity index (χ1n) is 7.36. The van der Waals surface area contributed by atoms with E-state index in [9.17, 15) is 8.78 Å². The van der Waals surface area contributed by atoms with E-state index in [-0.39, 0.29) is 5.92 Å². The van der Waals surface area contributed by atoms with Crippen LogP contribution in [0.2, 0.25) is 0 Å². The second kappa shape index (κ2) is 5.67. The van der Waals surface area contributed by atoms with Gasteiger partial charge in [0.15, 0.2) is 0 Å². The molecule has 0 nitrogen and oxygen atoms in total. The van der Waals surface area contributed by atoms with Crippen LogP contribution in [0.3, 0.4) is 0 Å². The Hall–Kier alpha value is -0.140. The van der Waals surface area contributed by atoms with E-state index in [2.05, 4.69) is 6.92 Å². The first kappa shape index (κ1) is 13.3. The lowest BCUT2D eigenvalue weighted by molar-refractivity contribution is 0.126. The fourth-order valence-corrected chi connectivity index (χ4v) is 3.67. The summed E-state index contributed by atoms with van der Waals surface area (Å²) >= 11 is 0. The molecule has 0 heterocycles. The molecule has 0 amide bonds. The molecule has 0 aliphatic heterocycles. The maximum Gasteiger partial charge on any atom is 0.106 e. The molecule has 17 heavy (non-hydrogen) atoms. The summed E-state index contributed by atoms with van der Waals surface area (Å²) in [5.41, 5.74) is 0. The van der Waals surface area contributed by atoms with Crippen molar-refractivity contribution in [2.45, 2.75) is 71.1 Å². The van der Waals surface area contributed by atoms with Crippen molar-refractivity contribution in [2.24, 2.45) is 23.7 Å². The van der Waals surface area contributed by atoms with Crippen LogP contribution in [0.15, 0.2) is 0 Å². The second-order valence-electron chi connectivity index (χ2n) is 6.48. The maximum absolute atomic E-state index is 13.9. The van der Waals surface area contributed by atoms with Crippen molar-refractivity contribution < 1.29 is 8.78 Å². The van der Waals surface area contributed by atoms with Crippen LogP contribution < -0.4 is 0 Å². The van der Waals surface area contributed by atoms with Gasteiger partial charge in [0.1, 0.15) is 12.3 Å². The molecule has 2 saturated carbocycles. The van der Waals surface area contributed by atoms with E-state index >= 15 is 0 Å². The number of hydrogen-bond acceptors (Lipinski definition) is 0. The van der Waals surface area contributed by atoms with Crippen molar-refractivity contribution in [1.82, 2.24) is 0 Å². The van der Waals surface area contributed by atoms with Crippen molar-refractivity contribution in [3.63, 3.8) is 0 Å². The van der Waals surface area contributed by atoms with Crippen molar-refractivity contribution in [2.75, 3.05) is 0 Å². The summed E-state index contributed by atoms with van der Waals surface area (Å²) in [6.45, 7) is 4.04. The average Bonchev–Trinajstić information content (AvgIpc) is 2.44. The lowest BCUT2D eigenvalue weighted by Crippen LogP contribution is -2.24. The van der Waals surface area contributed by atoms with E-state index in [1.807, 2.05) is 0 Å². The number of rotatable bonds is 1. The van der Waals surface area contributed by atoms with Crippen molar-refractivity contribution in [1.29, 1.82) is 0 Å². The minimum absolute atomic E-state index is 0.387. The van der Waals surface area contributed by atoms with Crippen LogP contribution in [0.4, 0.5) is 8.78 Å². The Morgan fingerprint density at radius 3 is 1.94 bits per heavy atom. The molecule has 0 saturated heterocycles. The smallest absolute Gasteiger partial charge is 0.106 e. The highest BCUT2D eigenvalue weighted by Crippen LogP contribution is 2.41. The first-order valence-corrected chi connectivity index (χ1v) is 7.36. The molecular formula is C15H26F2.